The summed E-state index contributed by atoms with van der Waals surface area (Å²) in [5.41, 5.74) is 1.05. The third-order valence-electron chi connectivity index (χ3n) is 5.42. The molecule has 4 N–H and O–H groups in total. The molecule has 4 unspecified atom stereocenters. The van der Waals surface area contributed by atoms with E-state index in [0.29, 0.717) is 30.2 Å². The third-order valence-corrected chi connectivity index (χ3v) is 5.68. The number of hydrogen-bond acceptors (Lipinski definition) is 10. The molecule has 11 nitrogen and oxygen atoms in total. The number of aromatic nitrogens is 4. The van der Waals surface area contributed by atoms with Crippen LogP contribution in [0, 0.1) is 0 Å². The lowest BCUT2D eigenvalue weighted by molar-refractivity contribution is -0.0491. The Kier molecular flexibility index (Phi) is 7.13. The summed E-state index contributed by atoms with van der Waals surface area (Å²) in [5, 5.41) is 27.6. The molecule has 2 aliphatic heterocycles. The fourth-order valence-electron chi connectivity index (χ4n) is 3.66. The van der Waals surface area contributed by atoms with Gasteiger partial charge in [-0.3, -0.25) is 4.57 Å². The van der Waals surface area contributed by atoms with Gasteiger partial charge in [0, 0.05) is 13.2 Å². The van der Waals surface area contributed by atoms with Crippen LogP contribution in [0.1, 0.15) is 32.4 Å². The largest absolute Gasteiger partial charge is 0.468 e. The third kappa shape index (κ3) is 4.88. The molecule has 2 aromatic heterocycles. The minimum absolute atomic E-state index is 0.0167. The van der Waals surface area contributed by atoms with E-state index in [1.54, 1.807) is 4.57 Å². The number of unbranched alkanes of at least 4 members (excludes halogenated alkanes) is 1. The Bertz CT molecular complexity index is 892. The van der Waals surface area contributed by atoms with Crippen LogP contribution in [0.15, 0.2) is 12.7 Å². The first-order valence-corrected chi connectivity index (χ1v) is 10.9. The molecule has 170 valence electrons. The maximum absolute atomic E-state index is 10.6. The van der Waals surface area contributed by atoms with Crippen LogP contribution in [0.4, 0.5) is 5.82 Å². The number of aliphatic hydroxyl groups excluding tert-OH is 2. The quantitative estimate of drug-likeness (QED) is 0.326. The number of fused-ring (bicyclic) bond motifs is 1. The Morgan fingerprint density at radius 3 is 2.97 bits per heavy atom. The number of imidazole rings is 1. The fourth-order valence-corrected chi connectivity index (χ4v) is 3.83. The van der Waals surface area contributed by atoms with Crippen molar-refractivity contribution in [3.63, 3.8) is 0 Å². The van der Waals surface area contributed by atoms with E-state index < -0.39 is 24.5 Å². The molecule has 0 aliphatic carbocycles. The van der Waals surface area contributed by atoms with Gasteiger partial charge in [-0.2, -0.15) is 0 Å². The smallest absolute Gasteiger partial charge is 0.256 e. The van der Waals surface area contributed by atoms with E-state index in [2.05, 4.69) is 32.5 Å². The molecule has 4 rings (SSSR count). The van der Waals surface area contributed by atoms with Gasteiger partial charge in [0.2, 0.25) is 0 Å². The van der Waals surface area contributed by atoms with Crippen LogP contribution in [0.25, 0.3) is 11.2 Å². The maximum Gasteiger partial charge on any atom is 0.256 e. The monoisotopic (exact) mass is 452 g/mol. The zero-order valence-electron chi connectivity index (χ0n) is 17.3. The lowest BCUT2D eigenvalue weighted by atomic mass is 10.1. The molecule has 0 radical (unpaired) electrons. The topological polar surface area (TPSA) is 136 Å². The number of nitrogens with zero attached hydrogens (tertiary/aromatic N) is 4. The highest BCUT2D eigenvalue weighted by atomic mass is 32.1. The summed E-state index contributed by atoms with van der Waals surface area (Å²) in [6, 6.07) is 0.162. The van der Waals surface area contributed by atoms with Crippen molar-refractivity contribution in [2.24, 2.45) is 0 Å². The van der Waals surface area contributed by atoms with E-state index in [4.69, 9.17) is 26.4 Å². The minimum Gasteiger partial charge on any atom is -0.468 e. The molecule has 0 amide bonds. The van der Waals surface area contributed by atoms with Gasteiger partial charge >= 0.3 is 0 Å². The highest BCUT2D eigenvalue weighted by Crippen LogP contribution is 2.32. The number of nitrogens with one attached hydrogen (secondary N) is 2. The summed E-state index contributed by atoms with van der Waals surface area (Å²) >= 11 is 5.13. The molecule has 2 fully saturated rings. The highest BCUT2D eigenvalue weighted by molar-refractivity contribution is 7.80. The van der Waals surface area contributed by atoms with Crippen LogP contribution in [-0.2, 0) is 14.2 Å². The number of ether oxygens (including phenoxy) is 3. The summed E-state index contributed by atoms with van der Waals surface area (Å²) < 4.78 is 18.4. The van der Waals surface area contributed by atoms with Gasteiger partial charge in [-0.15, -0.1) is 0 Å². The molecule has 2 aromatic rings. The van der Waals surface area contributed by atoms with Crippen LogP contribution in [0.3, 0.4) is 0 Å². The Morgan fingerprint density at radius 1 is 1.32 bits per heavy atom. The second kappa shape index (κ2) is 10.0. The van der Waals surface area contributed by atoms with Gasteiger partial charge in [0.25, 0.3) is 5.17 Å². The van der Waals surface area contributed by atoms with Gasteiger partial charge in [0.1, 0.15) is 31.2 Å². The molecule has 0 saturated carbocycles. The maximum atomic E-state index is 10.6. The first-order valence-electron chi connectivity index (χ1n) is 10.5. The van der Waals surface area contributed by atoms with Crippen LogP contribution >= 0.6 is 12.2 Å². The van der Waals surface area contributed by atoms with Gasteiger partial charge < -0.3 is 35.1 Å². The molecule has 2 aliphatic rings. The first kappa shape index (κ1) is 22.1. The van der Waals surface area contributed by atoms with Crippen molar-refractivity contribution in [2.45, 2.75) is 56.8 Å². The zero-order chi connectivity index (χ0) is 21.8. The van der Waals surface area contributed by atoms with Crippen molar-refractivity contribution < 1.29 is 24.4 Å². The van der Waals surface area contributed by atoms with Crippen LogP contribution in [0.5, 0.6) is 0 Å². The summed E-state index contributed by atoms with van der Waals surface area (Å²) in [7, 11) is 0. The molecular weight excluding hydrogens is 424 g/mol. The van der Waals surface area contributed by atoms with E-state index in [0.717, 1.165) is 25.8 Å². The lowest BCUT2D eigenvalue weighted by Gasteiger charge is -2.17. The van der Waals surface area contributed by atoms with Crippen LogP contribution < -0.4 is 10.6 Å². The van der Waals surface area contributed by atoms with E-state index in [1.165, 1.54) is 12.7 Å². The van der Waals surface area contributed by atoms with Gasteiger partial charge in [-0.25, -0.2) is 15.0 Å². The number of hydrogen-bond donors (Lipinski definition) is 4. The van der Waals surface area contributed by atoms with Gasteiger partial charge in [-0.05, 0) is 25.1 Å². The van der Waals surface area contributed by atoms with Crippen molar-refractivity contribution in [2.75, 3.05) is 31.7 Å². The molecule has 31 heavy (non-hydrogen) atoms. The zero-order valence-corrected chi connectivity index (χ0v) is 18.1. The van der Waals surface area contributed by atoms with Crippen molar-refractivity contribution in [3.8, 4) is 0 Å². The van der Waals surface area contributed by atoms with E-state index in [9.17, 15) is 10.2 Å². The lowest BCUT2D eigenvalue weighted by Crippen LogP contribution is -2.36. The molecule has 2 saturated heterocycles. The SMILES string of the molecule is CCCCNC(=S)OCC1OC(n2cnc3c(N[C@@H]4CCOC4)ncnc32)C(O)C1O. The number of anilines is 1. The normalized spacial score (nSPS) is 28.2. The number of aliphatic hydroxyl groups is 2. The highest BCUT2D eigenvalue weighted by Gasteiger charge is 2.44. The summed E-state index contributed by atoms with van der Waals surface area (Å²) in [6.45, 7) is 4.14. The number of thiocarbonyl (C=S) groups is 1. The predicted octanol–water partition coefficient (Wildman–Crippen LogP) is 0.338. The van der Waals surface area contributed by atoms with Crippen LogP contribution in [-0.4, -0.2) is 85.6 Å². The number of rotatable bonds is 8. The Balaban J connectivity index is 1.43. The van der Waals surface area contributed by atoms with Gasteiger partial charge in [0.15, 0.2) is 23.2 Å². The second-order valence-electron chi connectivity index (χ2n) is 7.68. The van der Waals surface area contributed by atoms with Crippen molar-refractivity contribution in [1.29, 1.82) is 0 Å². The predicted molar refractivity (Wildman–Crippen MR) is 116 cm³/mol. The van der Waals surface area contributed by atoms with Gasteiger partial charge in [0.05, 0.1) is 19.0 Å². The summed E-state index contributed by atoms with van der Waals surface area (Å²) in [5.74, 6) is 0.593. The van der Waals surface area contributed by atoms with Crippen molar-refractivity contribution in [3.05, 3.63) is 12.7 Å². The molecule has 12 heteroatoms. The molecule has 0 bridgehead atoms. The Morgan fingerprint density at radius 2 is 2.19 bits per heavy atom. The molecule has 4 heterocycles. The Hall–Kier alpha value is -2.12. The van der Waals surface area contributed by atoms with Gasteiger partial charge in [-0.1, -0.05) is 13.3 Å². The fraction of sp³-hybridized carbons (Fsp3) is 0.684. The average Bonchev–Trinajstić information content (AvgIpc) is 3.49. The van der Waals surface area contributed by atoms with Crippen LogP contribution in [0.2, 0.25) is 0 Å². The minimum atomic E-state index is -1.18. The molecule has 5 atom stereocenters. The first-order chi connectivity index (χ1) is 15.1. The Labute approximate surface area is 185 Å². The standard InChI is InChI=1S/C19H28N6O5S/c1-2-3-5-20-19(31)29-8-12-14(26)15(27)18(30-12)25-10-23-13-16(21-9-22-17(13)25)24-11-4-6-28-7-11/h9-12,14-15,18,26-27H,2-8H2,1H3,(H,20,31)(H,21,22,24)/t11-,12?,14?,15?,18?/m1/s1. The molecule has 0 spiro atoms. The summed E-state index contributed by atoms with van der Waals surface area (Å²) in [4.78, 5) is 13.0. The van der Waals surface area contributed by atoms with E-state index in [1.807, 2.05) is 0 Å². The molecular formula is C19H28N6O5S. The molecule has 0 aromatic carbocycles. The van der Waals surface area contributed by atoms with Crippen molar-refractivity contribution >= 4 is 34.4 Å². The van der Waals surface area contributed by atoms with Crippen molar-refractivity contribution in [1.82, 2.24) is 24.8 Å². The average molecular weight is 453 g/mol. The van der Waals surface area contributed by atoms with E-state index in [-0.39, 0.29) is 17.8 Å². The second-order valence-corrected chi connectivity index (χ2v) is 8.05. The van der Waals surface area contributed by atoms with E-state index >= 15 is 0 Å². The summed E-state index contributed by atoms with van der Waals surface area (Å²) in [6.07, 6.45) is 1.92.